The molecule has 0 aliphatic rings. The average Bonchev–Trinajstić information content (AvgIpc) is 2.62. The zero-order chi connectivity index (χ0) is 10.8. The molecule has 2 rings (SSSR count). The molecule has 0 saturated carbocycles. The van der Waals surface area contributed by atoms with Crippen molar-refractivity contribution in [2.45, 2.75) is 6.42 Å². The highest BCUT2D eigenvalue weighted by Crippen LogP contribution is 2.29. The summed E-state index contributed by atoms with van der Waals surface area (Å²) in [7, 11) is 1.56. The first-order valence-corrected chi connectivity index (χ1v) is 5.34. The van der Waals surface area contributed by atoms with Gasteiger partial charge in [0.05, 0.1) is 13.5 Å². The summed E-state index contributed by atoms with van der Waals surface area (Å²) in [6.07, 6.45) is -0.00500. The number of thiophene rings is 1. The quantitative estimate of drug-likeness (QED) is 0.868. The summed E-state index contributed by atoms with van der Waals surface area (Å²) in [6.45, 7) is 0. The Morgan fingerprint density at radius 3 is 3.00 bits per heavy atom. The van der Waals surface area contributed by atoms with E-state index in [0.29, 0.717) is 5.75 Å². The van der Waals surface area contributed by atoms with E-state index in [1.165, 1.54) is 0 Å². The molecule has 0 aliphatic heterocycles. The van der Waals surface area contributed by atoms with Gasteiger partial charge in [-0.1, -0.05) is 0 Å². The van der Waals surface area contributed by atoms with Crippen molar-refractivity contribution in [1.29, 1.82) is 0 Å². The number of benzene rings is 1. The minimum atomic E-state index is -0.845. The van der Waals surface area contributed by atoms with Crippen molar-refractivity contribution in [3.8, 4) is 5.75 Å². The molecule has 1 heterocycles. The van der Waals surface area contributed by atoms with Crippen LogP contribution in [0.2, 0.25) is 0 Å². The molecule has 0 spiro atoms. The predicted octanol–water partition coefficient (Wildman–Crippen LogP) is 2.54. The summed E-state index contributed by atoms with van der Waals surface area (Å²) < 4.78 is 6.28. The maximum Gasteiger partial charge on any atom is 0.307 e. The highest BCUT2D eigenvalue weighted by molar-refractivity contribution is 7.17. The summed E-state index contributed by atoms with van der Waals surface area (Å²) in [4.78, 5) is 10.7. The van der Waals surface area contributed by atoms with Crippen molar-refractivity contribution in [2.24, 2.45) is 0 Å². The number of hydrogen-bond donors (Lipinski definition) is 1. The van der Waals surface area contributed by atoms with Crippen LogP contribution in [-0.2, 0) is 11.2 Å². The standard InChI is InChI=1S/C11H10O3S/c1-14-9-6-10-7(2-3-15-10)4-8(9)5-11(12)13/h2-4,6H,5H2,1H3,(H,12,13). The van der Waals surface area contributed by atoms with Gasteiger partial charge in [0.15, 0.2) is 0 Å². The molecule has 0 aliphatic carbocycles. The number of aliphatic carboxylic acids is 1. The van der Waals surface area contributed by atoms with Crippen LogP contribution in [0.4, 0.5) is 0 Å². The molecular formula is C11H10O3S. The van der Waals surface area contributed by atoms with Crippen molar-refractivity contribution in [3.63, 3.8) is 0 Å². The average molecular weight is 222 g/mol. The van der Waals surface area contributed by atoms with Crippen LogP contribution in [0.1, 0.15) is 5.56 Å². The van der Waals surface area contributed by atoms with Crippen LogP contribution < -0.4 is 4.74 Å². The zero-order valence-corrected chi connectivity index (χ0v) is 9.00. The maximum atomic E-state index is 10.7. The number of fused-ring (bicyclic) bond motifs is 1. The minimum absolute atomic E-state index is 0.00500. The molecule has 15 heavy (non-hydrogen) atoms. The first-order chi connectivity index (χ1) is 7.20. The van der Waals surface area contributed by atoms with E-state index in [2.05, 4.69) is 0 Å². The third kappa shape index (κ3) is 1.94. The predicted molar refractivity (Wildman–Crippen MR) is 59.7 cm³/mol. The number of ether oxygens (including phenoxy) is 1. The number of carboxylic acid groups (broad SMARTS) is 1. The Bertz CT molecular complexity index is 502. The molecule has 3 nitrogen and oxygen atoms in total. The van der Waals surface area contributed by atoms with Crippen LogP contribution in [-0.4, -0.2) is 18.2 Å². The van der Waals surface area contributed by atoms with Gasteiger partial charge in [0.1, 0.15) is 5.75 Å². The summed E-state index contributed by atoms with van der Waals surface area (Å²) in [6, 6.07) is 5.74. The van der Waals surface area contributed by atoms with Gasteiger partial charge in [-0.3, -0.25) is 4.79 Å². The molecular weight excluding hydrogens is 212 g/mol. The van der Waals surface area contributed by atoms with E-state index in [1.54, 1.807) is 18.4 Å². The second kappa shape index (κ2) is 3.90. The monoisotopic (exact) mass is 222 g/mol. The largest absolute Gasteiger partial charge is 0.496 e. The smallest absolute Gasteiger partial charge is 0.307 e. The molecule has 0 unspecified atom stereocenters. The normalized spacial score (nSPS) is 10.5. The van der Waals surface area contributed by atoms with E-state index in [9.17, 15) is 4.79 Å². The van der Waals surface area contributed by atoms with Gasteiger partial charge in [0, 0.05) is 10.3 Å². The molecule has 0 amide bonds. The minimum Gasteiger partial charge on any atom is -0.496 e. The highest BCUT2D eigenvalue weighted by Gasteiger charge is 2.09. The number of rotatable bonds is 3. The number of carboxylic acids is 1. The molecule has 2 aromatic rings. The van der Waals surface area contributed by atoms with E-state index in [0.717, 1.165) is 15.6 Å². The molecule has 1 aromatic carbocycles. The number of hydrogen-bond acceptors (Lipinski definition) is 3. The van der Waals surface area contributed by atoms with E-state index in [-0.39, 0.29) is 6.42 Å². The van der Waals surface area contributed by atoms with Gasteiger partial charge >= 0.3 is 5.97 Å². The number of carbonyl (C=O) groups is 1. The summed E-state index contributed by atoms with van der Waals surface area (Å²) >= 11 is 1.62. The van der Waals surface area contributed by atoms with Crippen molar-refractivity contribution >= 4 is 27.4 Å². The second-order valence-electron chi connectivity index (χ2n) is 3.19. The van der Waals surface area contributed by atoms with E-state index in [1.807, 2.05) is 23.6 Å². The Labute approximate surface area is 90.9 Å². The van der Waals surface area contributed by atoms with Crippen molar-refractivity contribution in [1.82, 2.24) is 0 Å². The Morgan fingerprint density at radius 1 is 1.53 bits per heavy atom. The third-order valence-electron chi connectivity index (χ3n) is 2.20. The van der Waals surface area contributed by atoms with Gasteiger partial charge < -0.3 is 9.84 Å². The Balaban J connectivity index is 2.54. The van der Waals surface area contributed by atoms with Crippen LogP contribution in [0.5, 0.6) is 5.75 Å². The second-order valence-corrected chi connectivity index (χ2v) is 4.14. The summed E-state index contributed by atoms with van der Waals surface area (Å²) in [5.74, 6) is -0.199. The van der Waals surface area contributed by atoms with Gasteiger partial charge in [0.25, 0.3) is 0 Å². The SMILES string of the molecule is COc1cc2sccc2cc1CC(=O)O. The molecule has 0 fully saturated rings. The topological polar surface area (TPSA) is 46.5 Å². The van der Waals surface area contributed by atoms with Crippen LogP contribution in [0.25, 0.3) is 10.1 Å². The third-order valence-corrected chi connectivity index (χ3v) is 3.08. The lowest BCUT2D eigenvalue weighted by Crippen LogP contribution is -2.02. The van der Waals surface area contributed by atoms with Crippen molar-refractivity contribution in [3.05, 3.63) is 29.1 Å². The van der Waals surface area contributed by atoms with E-state index < -0.39 is 5.97 Å². The highest BCUT2D eigenvalue weighted by atomic mass is 32.1. The van der Waals surface area contributed by atoms with Crippen LogP contribution in [0, 0.1) is 0 Å². The van der Waals surface area contributed by atoms with E-state index in [4.69, 9.17) is 9.84 Å². The molecule has 1 aromatic heterocycles. The van der Waals surface area contributed by atoms with Gasteiger partial charge in [-0.05, 0) is 29.0 Å². The molecule has 0 radical (unpaired) electrons. The van der Waals surface area contributed by atoms with Crippen LogP contribution in [0.3, 0.4) is 0 Å². The lowest BCUT2D eigenvalue weighted by atomic mass is 10.1. The Hall–Kier alpha value is -1.55. The Kier molecular flexibility index (Phi) is 2.60. The first kappa shape index (κ1) is 9.98. The maximum absolute atomic E-state index is 10.7. The van der Waals surface area contributed by atoms with Crippen molar-refractivity contribution < 1.29 is 14.6 Å². The fraction of sp³-hybridized carbons (Fsp3) is 0.182. The summed E-state index contributed by atoms with van der Waals surface area (Å²) in [5, 5.41) is 11.8. The zero-order valence-electron chi connectivity index (χ0n) is 8.19. The lowest BCUT2D eigenvalue weighted by molar-refractivity contribution is -0.136. The molecule has 4 heteroatoms. The molecule has 0 saturated heterocycles. The van der Waals surface area contributed by atoms with E-state index >= 15 is 0 Å². The van der Waals surface area contributed by atoms with Crippen LogP contribution >= 0.6 is 11.3 Å². The van der Waals surface area contributed by atoms with Gasteiger partial charge in [-0.15, -0.1) is 11.3 Å². The van der Waals surface area contributed by atoms with Gasteiger partial charge in [-0.2, -0.15) is 0 Å². The first-order valence-electron chi connectivity index (χ1n) is 4.46. The van der Waals surface area contributed by atoms with Crippen molar-refractivity contribution in [2.75, 3.05) is 7.11 Å². The summed E-state index contributed by atoms with van der Waals surface area (Å²) in [5.41, 5.74) is 0.718. The molecule has 0 bridgehead atoms. The lowest BCUT2D eigenvalue weighted by Gasteiger charge is -2.06. The van der Waals surface area contributed by atoms with Gasteiger partial charge in [0.2, 0.25) is 0 Å². The fourth-order valence-corrected chi connectivity index (χ4v) is 2.33. The number of methoxy groups -OCH3 is 1. The molecule has 1 N–H and O–H groups in total. The van der Waals surface area contributed by atoms with Gasteiger partial charge in [-0.25, -0.2) is 0 Å². The molecule has 0 atom stereocenters. The molecule has 78 valence electrons. The Morgan fingerprint density at radius 2 is 2.33 bits per heavy atom. The van der Waals surface area contributed by atoms with Crippen LogP contribution in [0.15, 0.2) is 23.6 Å². The fourth-order valence-electron chi connectivity index (χ4n) is 1.53.